The summed E-state index contributed by atoms with van der Waals surface area (Å²) in [5.41, 5.74) is 5.45. The second kappa shape index (κ2) is 4.61. The topological polar surface area (TPSA) is 99.7 Å². The fraction of sp³-hybridized carbons (Fsp3) is 0.571. The molecule has 5 nitrogen and oxygen atoms in total. The zero-order valence-electron chi connectivity index (χ0n) is 7.54. The van der Waals surface area contributed by atoms with E-state index in [4.69, 9.17) is 5.73 Å². The van der Waals surface area contributed by atoms with Crippen LogP contribution in [-0.4, -0.2) is 15.0 Å². The molecule has 0 unspecified atom stereocenters. The molecule has 5 heteroatoms. The normalized spacial score (nSPS) is 9.17. The van der Waals surface area contributed by atoms with Gasteiger partial charge in [-0.05, 0) is 0 Å². The smallest absolute Gasteiger partial charge is 0.223 e. The van der Waals surface area contributed by atoms with E-state index < -0.39 is 0 Å². The number of anilines is 1. The Morgan fingerprint density at radius 2 is 1.42 bits per heavy atom. The quantitative estimate of drug-likeness (QED) is 0.680. The number of nitrogen functional groups attached to an aromatic ring is 1. The lowest BCUT2D eigenvalue weighted by atomic mass is 10.4. The lowest BCUT2D eigenvalue weighted by Crippen LogP contribution is -2.05. The largest absolute Gasteiger partial charge is 0.368 e. The Kier molecular flexibility index (Phi) is 4.14. The molecule has 68 valence electrons. The second-order valence-corrected chi connectivity index (χ2v) is 2.23. The van der Waals surface area contributed by atoms with Crippen LogP contribution in [0.2, 0.25) is 0 Å². The lowest BCUT2D eigenvalue weighted by molar-refractivity contribution is 0.834. The summed E-state index contributed by atoms with van der Waals surface area (Å²) in [5.74, 6) is 1.87. The molecule has 0 amide bonds. The van der Waals surface area contributed by atoms with Gasteiger partial charge >= 0.3 is 0 Å². The fourth-order valence-electron chi connectivity index (χ4n) is 0.805. The van der Waals surface area contributed by atoms with Crippen molar-refractivity contribution in [2.24, 2.45) is 0 Å². The number of aromatic nitrogens is 3. The molecule has 0 atom stereocenters. The Bertz CT molecular complexity index is 225. The van der Waals surface area contributed by atoms with Crippen LogP contribution in [0.15, 0.2) is 0 Å². The summed E-state index contributed by atoms with van der Waals surface area (Å²) in [5, 5.41) is 0. The van der Waals surface area contributed by atoms with E-state index >= 15 is 0 Å². The molecule has 0 fully saturated rings. The molecule has 0 aliphatic heterocycles. The van der Waals surface area contributed by atoms with Crippen molar-refractivity contribution in [1.82, 2.24) is 21.1 Å². The molecule has 1 rings (SSSR count). The first-order chi connectivity index (χ1) is 5.26. The van der Waals surface area contributed by atoms with Crippen molar-refractivity contribution < 1.29 is 0 Å². The third-order valence-corrected chi connectivity index (χ3v) is 1.38. The molecule has 0 saturated heterocycles. The van der Waals surface area contributed by atoms with Crippen molar-refractivity contribution in [3.05, 3.63) is 11.6 Å². The van der Waals surface area contributed by atoms with Gasteiger partial charge in [-0.25, -0.2) is 4.98 Å². The van der Waals surface area contributed by atoms with E-state index in [9.17, 15) is 0 Å². The molecular weight excluding hydrogens is 154 g/mol. The van der Waals surface area contributed by atoms with E-state index in [-0.39, 0.29) is 6.15 Å². The highest BCUT2D eigenvalue weighted by Gasteiger charge is 1.99. The number of nitrogens with zero attached hydrogens (tertiary/aromatic N) is 3. The molecule has 5 N–H and O–H groups in total. The number of nitrogens with two attached hydrogens (primary N) is 1. The van der Waals surface area contributed by atoms with Crippen LogP contribution in [0.1, 0.15) is 25.5 Å². The molecule has 1 aromatic rings. The Hall–Kier alpha value is -1.23. The summed E-state index contributed by atoms with van der Waals surface area (Å²) < 4.78 is 0. The maximum atomic E-state index is 5.45. The van der Waals surface area contributed by atoms with Gasteiger partial charge in [-0.1, -0.05) is 13.8 Å². The van der Waals surface area contributed by atoms with Gasteiger partial charge in [-0.2, -0.15) is 9.97 Å². The molecule has 0 aliphatic carbocycles. The minimum Gasteiger partial charge on any atom is -0.368 e. The molecular formula is C7H15N5. The lowest BCUT2D eigenvalue weighted by Gasteiger charge is -1.99. The minimum absolute atomic E-state index is 0. The first kappa shape index (κ1) is 10.8. The first-order valence-corrected chi connectivity index (χ1v) is 3.75. The van der Waals surface area contributed by atoms with Crippen LogP contribution >= 0.6 is 0 Å². The van der Waals surface area contributed by atoms with Gasteiger partial charge in [0.05, 0.1) is 0 Å². The first-order valence-electron chi connectivity index (χ1n) is 3.75. The van der Waals surface area contributed by atoms with Crippen LogP contribution in [0.25, 0.3) is 0 Å². The maximum Gasteiger partial charge on any atom is 0.223 e. The van der Waals surface area contributed by atoms with E-state index in [0.717, 1.165) is 24.5 Å². The zero-order chi connectivity index (χ0) is 8.27. The van der Waals surface area contributed by atoms with Gasteiger partial charge < -0.3 is 11.9 Å². The van der Waals surface area contributed by atoms with Crippen molar-refractivity contribution >= 4 is 5.95 Å². The standard InChI is InChI=1S/C7H12N4.H3N/c1-3-5-9-6(4-2)11-7(8)10-5;/h3-4H2,1-2H3,(H2,8,9,10,11);1H3. The van der Waals surface area contributed by atoms with Crippen LogP contribution in [0, 0.1) is 0 Å². The molecule has 0 radical (unpaired) electrons. The number of hydrogen-bond donors (Lipinski definition) is 2. The highest BCUT2D eigenvalue weighted by molar-refractivity contribution is 5.15. The van der Waals surface area contributed by atoms with Crippen molar-refractivity contribution in [1.29, 1.82) is 0 Å². The monoisotopic (exact) mass is 169 g/mol. The van der Waals surface area contributed by atoms with Crippen LogP contribution in [0.4, 0.5) is 5.95 Å². The SMILES string of the molecule is CCc1nc(N)nc(CC)n1.N. The Labute approximate surface area is 72.0 Å². The summed E-state index contributed by atoms with van der Waals surface area (Å²) >= 11 is 0. The average molecular weight is 169 g/mol. The van der Waals surface area contributed by atoms with Gasteiger partial charge in [0.1, 0.15) is 11.6 Å². The van der Waals surface area contributed by atoms with Gasteiger partial charge in [0.2, 0.25) is 5.95 Å². The molecule has 0 aromatic carbocycles. The molecule has 0 spiro atoms. The molecule has 0 aliphatic rings. The predicted octanol–water partition coefficient (Wildman–Crippen LogP) is 0.741. The summed E-state index contributed by atoms with van der Waals surface area (Å²) in [4.78, 5) is 12.1. The van der Waals surface area contributed by atoms with E-state index in [0.29, 0.717) is 5.95 Å². The van der Waals surface area contributed by atoms with E-state index in [2.05, 4.69) is 15.0 Å². The molecule has 0 saturated carbocycles. The zero-order valence-corrected chi connectivity index (χ0v) is 7.54. The average Bonchev–Trinajstić information content (AvgIpc) is 2.03. The summed E-state index contributed by atoms with van der Waals surface area (Å²) in [6, 6.07) is 0. The maximum absolute atomic E-state index is 5.45. The second-order valence-electron chi connectivity index (χ2n) is 2.23. The number of hydrogen-bond acceptors (Lipinski definition) is 5. The minimum atomic E-state index is 0. The van der Waals surface area contributed by atoms with Crippen molar-refractivity contribution in [3.63, 3.8) is 0 Å². The molecule has 1 heterocycles. The molecule has 1 aromatic heterocycles. The summed E-state index contributed by atoms with van der Waals surface area (Å²) in [6.07, 6.45) is 1.61. The highest BCUT2D eigenvalue weighted by Crippen LogP contribution is 1.98. The summed E-state index contributed by atoms with van der Waals surface area (Å²) in [7, 11) is 0. The molecule has 0 bridgehead atoms. The Morgan fingerprint density at radius 1 is 1.00 bits per heavy atom. The van der Waals surface area contributed by atoms with Gasteiger partial charge in [0.15, 0.2) is 0 Å². The fourth-order valence-corrected chi connectivity index (χ4v) is 0.805. The van der Waals surface area contributed by atoms with Gasteiger partial charge in [-0.15, -0.1) is 0 Å². The van der Waals surface area contributed by atoms with Crippen LogP contribution < -0.4 is 11.9 Å². The van der Waals surface area contributed by atoms with Crippen LogP contribution in [0.3, 0.4) is 0 Å². The molecule has 12 heavy (non-hydrogen) atoms. The van der Waals surface area contributed by atoms with Crippen molar-refractivity contribution in [2.45, 2.75) is 26.7 Å². The van der Waals surface area contributed by atoms with E-state index in [1.807, 2.05) is 13.8 Å². The number of rotatable bonds is 2. The third-order valence-electron chi connectivity index (χ3n) is 1.38. The van der Waals surface area contributed by atoms with E-state index in [1.165, 1.54) is 0 Å². The predicted molar refractivity (Wildman–Crippen MR) is 48.0 cm³/mol. The summed E-state index contributed by atoms with van der Waals surface area (Å²) in [6.45, 7) is 3.99. The van der Waals surface area contributed by atoms with Gasteiger partial charge in [0.25, 0.3) is 0 Å². The third kappa shape index (κ3) is 2.43. The Balaban J connectivity index is 0.00000121. The van der Waals surface area contributed by atoms with Crippen molar-refractivity contribution in [2.75, 3.05) is 5.73 Å². The van der Waals surface area contributed by atoms with Gasteiger partial charge in [-0.3, -0.25) is 0 Å². The number of aryl methyl sites for hydroxylation is 2. The van der Waals surface area contributed by atoms with Crippen LogP contribution in [0.5, 0.6) is 0 Å². The van der Waals surface area contributed by atoms with E-state index in [1.54, 1.807) is 0 Å². The Morgan fingerprint density at radius 3 is 1.75 bits per heavy atom. The van der Waals surface area contributed by atoms with Gasteiger partial charge in [0, 0.05) is 12.8 Å². The highest BCUT2D eigenvalue weighted by atomic mass is 15.1. The van der Waals surface area contributed by atoms with Crippen LogP contribution in [-0.2, 0) is 12.8 Å². The van der Waals surface area contributed by atoms with Crippen molar-refractivity contribution in [3.8, 4) is 0 Å².